The second-order valence-electron chi connectivity index (χ2n) is 2.48. The minimum atomic E-state index is -0.963. The van der Waals surface area contributed by atoms with Crippen LogP contribution in [0.3, 0.4) is 0 Å². The molecule has 0 saturated heterocycles. The Hall–Kier alpha value is -1.62. The summed E-state index contributed by atoms with van der Waals surface area (Å²) >= 11 is 1.52. The van der Waals surface area contributed by atoms with Crippen LogP contribution >= 0.6 is 11.3 Å². The van der Waals surface area contributed by atoms with Crippen LogP contribution in [0.25, 0.3) is 11.3 Å². The highest BCUT2D eigenvalue weighted by Crippen LogP contribution is 2.23. The Morgan fingerprint density at radius 1 is 1.62 bits per heavy atom. The molecule has 0 aromatic carbocycles. The van der Waals surface area contributed by atoms with E-state index in [1.165, 1.54) is 17.5 Å². The van der Waals surface area contributed by atoms with Crippen molar-refractivity contribution in [2.75, 3.05) is 0 Å². The van der Waals surface area contributed by atoms with Crippen molar-refractivity contribution in [3.05, 3.63) is 28.6 Å². The lowest BCUT2D eigenvalue weighted by Gasteiger charge is -1.93. The third kappa shape index (κ3) is 1.33. The van der Waals surface area contributed by atoms with Crippen molar-refractivity contribution < 1.29 is 9.90 Å². The van der Waals surface area contributed by atoms with Crippen LogP contribution in [0.15, 0.2) is 23.0 Å². The maximum atomic E-state index is 10.7. The highest BCUT2D eigenvalue weighted by atomic mass is 32.1. The first-order valence-electron chi connectivity index (χ1n) is 3.58. The van der Waals surface area contributed by atoms with Gasteiger partial charge in [-0.2, -0.15) is 16.4 Å². The van der Waals surface area contributed by atoms with Crippen molar-refractivity contribution in [3.8, 4) is 11.3 Å². The quantitative estimate of drug-likeness (QED) is 0.766. The highest BCUT2D eigenvalue weighted by Gasteiger charge is 2.13. The van der Waals surface area contributed by atoms with Crippen LogP contribution in [-0.2, 0) is 0 Å². The Bertz CT molecular complexity index is 419. The fourth-order valence-corrected chi connectivity index (χ4v) is 1.72. The lowest BCUT2D eigenvalue weighted by molar-refractivity contribution is 0.0698. The van der Waals surface area contributed by atoms with Crippen LogP contribution in [0.1, 0.15) is 10.4 Å². The molecule has 0 fully saturated rings. The van der Waals surface area contributed by atoms with E-state index < -0.39 is 5.97 Å². The average Bonchev–Trinajstić information content (AvgIpc) is 2.74. The van der Waals surface area contributed by atoms with E-state index in [9.17, 15) is 4.79 Å². The Kier molecular flexibility index (Phi) is 1.86. The number of aromatic nitrogens is 2. The van der Waals surface area contributed by atoms with E-state index >= 15 is 0 Å². The first kappa shape index (κ1) is 8.00. The Morgan fingerprint density at radius 3 is 3.08 bits per heavy atom. The number of carbonyl (C=O) groups is 1. The van der Waals surface area contributed by atoms with Crippen molar-refractivity contribution in [1.29, 1.82) is 0 Å². The van der Waals surface area contributed by atoms with Crippen molar-refractivity contribution >= 4 is 17.3 Å². The summed E-state index contributed by atoms with van der Waals surface area (Å²) in [4.78, 5) is 10.7. The molecule has 13 heavy (non-hydrogen) atoms. The Labute approximate surface area is 77.8 Å². The minimum absolute atomic E-state index is 0.207. The third-order valence-electron chi connectivity index (χ3n) is 1.68. The van der Waals surface area contributed by atoms with Crippen LogP contribution in [0.2, 0.25) is 0 Å². The van der Waals surface area contributed by atoms with Crippen LogP contribution in [0, 0.1) is 0 Å². The van der Waals surface area contributed by atoms with E-state index in [0.29, 0.717) is 5.69 Å². The number of nitrogens with one attached hydrogen (secondary N) is 1. The molecule has 0 amide bonds. The molecule has 66 valence electrons. The maximum absolute atomic E-state index is 10.7. The highest BCUT2D eigenvalue weighted by molar-refractivity contribution is 7.08. The molecular weight excluding hydrogens is 188 g/mol. The number of thiophene rings is 1. The number of hydrogen-bond acceptors (Lipinski definition) is 3. The summed E-state index contributed by atoms with van der Waals surface area (Å²) in [5, 5.41) is 18.9. The smallest absolute Gasteiger partial charge is 0.339 e. The number of carboxylic acids is 1. The lowest BCUT2D eigenvalue weighted by Crippen LogP contribution is -1.95. The molecule has 0 unspecified atom stereocenters. The van der Waals surface area contributed by atoms with Crippen molar-refractivity contribution in [1.82, 2.24) is 10.2 Å². The van der Waals surface area contributed by atoms with Gasteiger partial charge in [-0.1, -0.05) is 0 Å². The molecule has 0 bridgehead atoms. The van der Waals surface area contributed by atoms with Crippen LogP contribution in [-0.4, -0.2) is 21.3 Å². The van der Waals surface area contributed by atoms with E-state index in [2.05, 4.69) is 10.2 Å². The molecule has 4 nitrogen and oxygen atoms in total. The molecule has 2 aromatic heterocycles. The van der Waals surface area contributed by atoms with E-state index in [1.807, 2.05) is 16.8 Å². The summed E-state index contributed by atoms with van der Waals surface area (Å²) in [5.41, 5.74) is 1.63. The number of rotatable bonds is 2. The van der Waals surface area contributed by atoms with Gasteiger partial charge in [-0.3, -0.25) is 5.10 Å². The van der Waals surface area contributed by atoms with Crippen molar-refractivity contribution in [2.45, 2.75) is 0 Å². The van der Waals surface area contributed by atoms with E-state index in [4.69, 9.17) is 5.11 Å². The van der Waals surface area contributed by atoms with E-state index in [-0.39, 0.29) is 5.56 Å². The molecule has 2 N–H and O–H groups in total. The molecule has 5 heteroatoms. The SMILES string of the molecule is O=C(O)c1cn[nH]c1-c1ccsc1. The van der Waals surface area contributed by atoms with Gasteiger partial charge in [-0.15, -0.1) is 0 Å². The molecule has 0 spiro atoms. The van der Waals surface area contributed by atoms with Gasteiger partial charge in [0, 0.05) is 10.9 Å². The maximum Gasteiger partial charge on any atom is 0.339 e. The molecule has 0 aliphatic carbocycles. The number of aromatic amines is 1. The zero-order valence-electron chi connectivity index (χ0n) is 6.52. The molecule has 2 aromatic rings. The number of nitrogens with zero attached hydrogens (tertiary/aromatic N) is 1. The predicted molar refractivity (Wildman–Crippen MR) is 48.9 cm³/mol. The summed E-state index contributed by atoms with van der Waals surface area (Å²) in [6.07, 6.45) is 1.31. The Morgan fingerprint density at radius 2 is 2.46 bits per heavy atom. The molecule has 2 rings (SSSR count). The number of aromatic carboxylic acids is 1. The first-order chi connectivity index (χ1) is 6.29. The van der Waals surface area contributed by atoms with E-state index in [0.717, 1.165) is 5.56 Å². The van der Waals surface area contributed by atoms with Gasteiger partial charge in [0.15, 0.2) is 0 Å². The fourth-order valence-electron chi connectivity index (χ4n) is 1.08. The lowest BCUT2D eigenvalue weighted by atomic mass is 10.1. The van der Waals surface area contributed by atoms with Crippen LogP contribution in [0.4, 0.5) is 0 Å². The molecule has 0 aliphatic rings. The van der Waals surface area contributed by atoms with Crippen LogP contribution in [0.5, 0.6) is 0 Å². The average molecular weight is 194 g/mol. The zero-order valence-corrected chi connectivity index (χ0v) is 7.34. The Balaban J connectivity index is 2.52. The summed E-state index contributed by atoms with van der Waals surface area (Å²) in [6.45, 7) is 0. The monoisotopic (exact) mass is 194 g/mol. The largest absolute Gasteiger partial charge is 0.478 e. The molecular formula is C8H6N2O2S. The summed E-state index contributed by atoms with van der Waals surface area (Å²) < 4.78 is 0. The van der Waals surface area contributed by atoms with E-state index in [1.54, 1.807) is 0 Å². The van der Waals surface area contributed by atoms with Gasteiger partial charge in [0.2, 0.25) is 0 Å². The third-order valence-corrected chi connectivity index (χ3v) is 2.36. The standard InChI is InChI=1S/C8H6N2O2S/c11-8(12)6-3-9-10-7(6)5-1-2-13-4-5/h1-4H,(H,9,10)(H,11,12). The summed E-state index contributed by atoms with van der Waals surface area (Å²) in [7, 11) is 0. The zero-order chi connectivity index (χ0) is 9.26. The van der Waals surface area contributed by atoms with Crippen LogP contribution < -0.4 is 0 Å². The van der Waals surface area contributed by atoms with Gasteiger partial charge in [0.05, 0.1) is 11.9 Å². The second-order valence-corrected chi connectivity index (χ2v) is 3.26. The number of hydrogen-bond donors (Lipinski definition) is 2. The van der Waals surface area contributed by atoms with Gasteiger partial charge in [-0.05, 0) is 11.4 Å². The number of carboxylic acid groups (broad SMARTS) is 1. The molecule has 0 aliphatic heterocycles. The van der Waals surface area contributed by atoms with Gasteiger partial charge >= 0.3 is 5.97 Å². The summed E-state index contributed by atoms with van der Waals surface area (Å²) in [6, 6.07) is 1.85. The molecule has 0 saturated carbocycles. The topological polar surface area (TPSA) is 66.0 Å². The van der Waals surface area contributed by atoms with Gasteiger partial charge in [0.1, 0.15) is 5.56 Å². The fraction of sp³-hybridized carbons (Fsp3) is 0. The van der Waals surface area contributed by atoms with Crippen molar-refractivity contribution in [3.63, 3.8) is 0 Å². The van der Waals surface area contributed by atoms with Gasteiger partial charge in [0.25, 0.3) is 0 Å². The predicted octanol–water partition coefficient (Wildman–Crippen LogP) is 1.84. The van der Waals surface area contributed by atoms with Gasteiger partial charge < -0.3 is 5.11 Å². The first-order valence-corrected chi connectivity index (χ1v) is 4.52. The normalized spacial score (nSPS) is 10.2. The summed E-state index contributed by atoms with van der Waals surface area (Å²) in [5.74, 6) is -0.963. The minimum Gasteiger partial charge on any atom is -0.478 e. The second kappa shape index (κ2) is 3.02. The molecule has 0 radical (unpaired) electrons. The number of H-pyrrole nitrogens is 1. The molecule has 2 heterocycles. The van der Waals surface area contributed by atoms with Gasteiger partial charge in [-0.25, -0.2) is 4.79 Å². The van der Waals surface area contributed by atoms with Crippen molar-refractivity contribution in [2.24, 2.45) is 0 Å². The molecule has 0 atom stereocenters.